The molecule has 1 aliphatic carbocycles. The first kappa shape index (κ1) is 34.4. The van der Waals surface area contributed by atoms with Crippen molar-refractivity contribution in [2.45, 2.75) is 52.0 Å². The molecular weight excluding hydrogens is 641 g/mol. The number of nitro groups is 1. The van der Waals surface area contributed by atoms with Crippen molar-refractivity contribution in [1.82, 2.24) is 4.90 Å². The van der Waals surface area contributed by atoms with E-state index in [1.165, 1.54) is 17.0 Å². The van der Waals surface area contributed by atoms with Crippen LogP contribution in [0.4, 0.5) is 10.5 Å². The SMILES string of the molecule is CC#CCN(Cc1cc([N+](=O)[O-])ccc1CO[Si](c1ccccc1)(c1ccccc1)C(C)(C)C)C(=O)OC1c2ccccc2-c2ccccc21. The minimum Gasteiger partial charge on any atom is -0.436 e. The number of rotatable bonds is 10. The molecule has 7 nitrogen and oxygen atoms in total. The van der Waals surface area contributed by atoms with Crippen LogP contribution in [0.1, 0.15) is 56.1 Å². The molecule has 0 fully saturated rings. The summed E-state index contributed by atoms with van der Waals surface area (Å²) in [6, 6.07) is 41.2. The number of nitro benzene ring substituents is 1. The zero-order valence-electron chi connectivity index (χ0n) is 28.8. The fourth-order valence-electron chi connectivity index (χ4n) is 6.94. The van der Waals surface area contributed by atoms with E-state index in [9.17, 15) is 14.9 Å². The quantitative estimate of drug-likeness (QED) is 0.0641. The van der Waals surface area contributed by atoms with Crippen LogP contribution in [-0.4, -0.2) is 30.8 Å². The molecule has 0 unspecified atom stereocenters. The molecule has 0 saturated carbocycles. The minimum atomic E-state index is -2.93. The standard InChI is InChI=1S/C42H40N2O5Si/c1-5-6-27-43(41(45)49-40-38-23-15-13-21-36(38)37-22-14-16-24-39(37)40)29-32-28-33(44(46)47)26-25-31(32)30-48-50(42(2,3)4,34-17-9-7-10-18-34)35-19-11-8-12-20-35/h7-26,28,40H,27,29-30H2,1-4H3. The van der Waals surface area contributed by atoms with Gasteiger partial charge in [-0.1, -0.05) is 136 Å². The first-order valence-electron chi connectivity index (χ1n) is 16.7. The maximum Gasteiger partial charge on any atom is 0.411 e. The summed E-state index contributed by atoms with van der Waals surface area (Å²) in [7, 11) is -2.93. The number of non-ortho nitro benzene ring substituents is 1. The lowest BCUT2D eigenvalue weighted by molar-refractivity contribution is -0.384. The smallest absolute Gasteiger partial charge is 0.411 e. The molecule has 50 heavy (non-hydrogen) atoms. The van der Waals surface area contributed by atoms with Crippen molar-refractivity contribution < 1.29 is 18.9 Å². The van der Waals surface area contributed by atoms with Gasteiger partial charge in [-0.15, -0.1) is 5.92 Å². The molecule has 6 rings (SSSR count). The van der Waals surface area contributed by atoms with E-state index in [4.69, 9.17) is 9.16 Å². The fraction of sp³-hybridized carbons (Fsp3) is 0.214. The molecule has 0 aromatic heterocycles. The molecule has 0 N–H and O–H groups in total. The Balaban J connectivity index is 1.36. The number of nitrogens with zero attached hydrogens (tertiary/aromatic N) is 2. The Morgan fingerprint density at radius 3 is 1.86 bits per heavy atom. The number of carbonyl (C=O) groups is 1. The highest BCUT2D eigenvalue weighted by Gasteiger charge is 2.50. The van der Waals surface area contributed by atoms with Crippen LogP contribution in [0.5, 0.6) is 0 Å². The third-order valence-electron chi connectivity index (χ3n) is 9.32. The molecule has 5 aromatic rings. The molecule has 1 amide bonds. The molecule has 8 heteroatoms. The molecule has 0 bridgehead atoms. The second kappa shape index (κ2) is 14.5. The van der Waals surface area contributed by atoms with Crippen LogP contribution < -0.4 is 10.4 Å². The van der Waals surface area contributed by atoms with Gasteiger partial charge >= 0.3 is 6.09 Å². The third-order valence-corrected chi connectivity index (χ3v) is 14.3. The van der Waals surface area contributed by atoms with Crippen LogP contribution in [-0.2, 0) is 22.3 Å². The second-order valence-electron chi connectivity index (χ2n) is 13.4. The highest BCUT2D eigenvalue weighted by atomic mass is 28.4. The zero-order chi connectivity index (χ0) is 35.3. The normalized spacial score (nSPS) is 12.3. The number of carbonyl (C=O) groups excluding carboxylic acids is 1. The van der Waals surface area contributed by atoms with Crippen molar-refractivity contribution >= 4 is 30.5 Å². The van der Waals surface area contributed by atoms with Crippen molar-refractivity contribution in [2.24, 2.45) is 0 Å². The van der Waals surface area contributed by atoms with Gasteiger partial charge in [-0.25, -0.2) is 4.79 Å². The monoisotopic (exact) mass is 680 g/mol. The van der Waals surface area contributed by atoms with Gasteiger partial charge in [-0.2, -0.15) is 0 Å². The van der Waals surface area contributed by atoms with E-state index in [0.29, 0.717) is 5.56 Å². The average Bonchev–Trinajstić information content (AvgIpc) is 3.44. The number of ether oxygens (including phenoxy) is 1. The molecule has 0 spiro atoms. The van der Waals surface area contributed by atoms with Gasteiger partial charge in [-0.3, -0.25) is 15.0 Å². The van der Waals surface area contributed by atoms with Gasteiger partial charge in [-0.05, 0) is 50.7 Å². The van der Waals surface area contributed by atoms with Gasteiger partial charge in [0.1, 0.15) is 0 Å². The lowest BCUT2D eigenvalue weighted by Gasteiger charge is -2.43. The molecule has 5 aromatic carbocycles. The topological polar surface area (TPSA) is 81.9 Å². The molecule has 0 radical (unpaired) electrons. The van der Waals surface area contributed by atoms with Crippen LogP contribution in [0.2, 0.25) is 5.04 Å². The average molecular weight is 681 g/mol. The Labute approximate surface area is 294 Å². The highest BCUT2D eigenvalue weighted by molar-refractivity contribution is 6.99. The van der Waals surface area contributed by atoms with Crippen LogP contribution in [0.3, 0.4) is 0 Å². The molecule has 0 aliphatic heterocycles. The number of benzene rings is 5. The van der Waals surface area contributed by atoms with Crippen molar-refractivity contribution in [3.63, 3.8) is 0 Å². The molecule has 1 aliphatic rings. The number of fused-ring (bicyclic) bond motifs is 3. The van der Waals surface area contributed by atoms with E-state index in [-0.39, 0.29) is 30.4 Å². The minimum absolute atomic E-state index is 0.0463. The van der Waals surface area contributed by atoms with Crippen LogP contribution >= 0.6 is 0 Å². The predicted molar refractivity (Wildman–Crippen MR) is 200 cm³/mol. The van der Waals surface area contributed by atoms with Gasteiger partial charge in [0, 0.05) is 23.3 Å². The van der Waals surface area contributed by atoms with Gasteiger partial charge in [0.25, 0.3) is 14.0 Å². The van der Waals surface area contributed by atoms with Crippen molar-refractivity contribution in [1.29, 1.82) is 0 Å². The van der Waals surface area contributed by atoms with Gasteiger partial charge < -0.3 is 9.16 Å². The van der Waals surface area contributed by atoms with Crippen LogP contribution in [0, 0.1) is 22.0 Å². The van der Waals surface area contributed by atoms with E-state index < -0.39 is 25.4 Å². The summed E-state index contributed by atoms with van der Waals surface area (Å²) in [5, 5.41) is 14.0. The van der Waals surface area contributed by atoms with E-state index in [1.807, 2.05) is 84.9 Å². The number of amides is 1. The zero-order valence-corrected chi connectivity index (χ0v) is 29.8. The van der Waals surface area contributed by atoms with Gasteiger partial charge in [0.05, 0.1) is 24.6 Å². The number of hydrogen-bond acceptors (Lipinski definition) is 5. The summed E-state index contributed by atoms with van der Waals surface area (Å²) in [4.78, 5) is 27.1. The van der Waals surface area contributed by atoms with E-state index in [2.05, 4.69) is 56.9 Å². The fourth-order valence-corrected chi connectivity index (χ4v) is 11.5. The predicted octanol–water partition coefficient (Wildman–Crippen LogP) is 8.40. The molecule has 0 atom stereocenters. The Kier molecular flexibility index (Phi) is 10.0. The van der Waals surface area contributed by atoms with Crippen LogP contribution in [0.25, 0.3) is 11.1 Å². The third kappa shape index (κ3) is 6.71. The van der Waals surface area contributed by atoms with E-state index >= 15 is 0 Å². The second-order valence-corrected chi connectivity index (χ2v) is 17.7. The maximum atomic E-state index is 14.1. The largest absolute Gasteiger partial charge is 0.436 e. The van der Waals surface area contributed by atoms with Crippen molar-refractivity contribution in [2.75, 3.05) is 6.54 Å². The molecular formula is C42H40N2O5Si. The first-order chi connectivity index (χ1) is 24.1. The summed E-state index contributed by atoms with van der Waals surface area (Å²) >= 11 is 0. The Hall–Kier alpha value is -5.49. The van der Waals surface area contributed by atoms with Crippen molar-refractivity contribution in [3.05, 3.63) is 160 Å². The molecule has 0 saturated heterocycles. The summed E-state index contributed by atoms with van der Waals surface area (Å²) in [6.07, 6.45) is -1.15. The molecule has 0 heterocycles. The lowest BCUT2D eigenvalue weighted by atomic mass is 10.1. The summed E-state index contributed by atoms with van der Waals surface area (Å²) in [5.41, 5.74) is 5.17. The van der Waals surface area contributed by atoms with E-state index in [0.717, 1.165) is 38.2 Å². The Morgan fingerprint density at radius 2 is 1.34 bits per heavy atom. The molecule has 252 valence electrons. The summed E-state index contributed by atoms with van der Waals surface area (Å²) in [6.45, 7) is 8.65. The van der Waals surface area contributed by atoms with Gasteiger partial charge in [0.2, 0.25) is 0 Å². The van der Waals surface area contributed by atoms with Crippen molar-refractivity contribution in [3.8, 4) is 23.0 Å². The maximum absolute atomic E-state index is 14.1. The lowest BCUT2D eigenvalue weighted by Crippen LogP contribution is -2.66. The van der Waals surface area contributed by atoms with Gasteiger partial charge in [0.15, 0.2) is 6.10 Å². The first-order valence-corrected chi connectivity index (χ1v) is 18.6. The highest BCUT2D eigenvalue weighted by Crippen LogP contribution is 2.45. The van der Waals surface area contributed by atoms with E-state index in [1.54, 1.807) is 13.0 Å². The summed E-state index contributed by atoms with van der Waals surface area (Å²) < 4.78 is 13.5. The summed E-state index contributed by atoms with van der Waals surface area (Å²) in [5.74, 6) is 5.88. The Morgan fingerprint density at radius 1 is 0.800 bits per heavy atom. The number of hydrogen-bond donors (Lipinski definition) is 0. The Bertz CT molecular complexity index is 1980. The van der Waals surface area contributed by atoms with Crippen LogP contribution in [0.15, 0.2) is 127 Å².